The van der Waals surface area contributed by atoms with Crippen LogP contribution in [-0.4, -0.2) is 59.4 Å². The average molecular weight is 525 g/mol. The summed E-state index contributed by atoms with van der Waals surface area (Å²) in [6.45, 7) is -0.197. The molecule has 6 rings (SSSR count). The summed E-state index contributed by atoms with van der Waals surface area (Å²) in [7, 11) is 0. The molecule has 1 saturated heterocycles. The quantitative estimate of drug-likeness (QED) is 0.297. The number of aromatic nitrogens is 5. The van der Waals surface area contributed by atoms with Gasteiger partial charge in [0, 0.05) is 29.4 Å². The second-order valence-electron chi connectivity index (χ2n) is 9.38. The van der Waals surface area contributed by atoms with Crippen molar-refractivity contribution in [3.05, 3.63) is 77.9 Å². The number of likely N-dealkylation sites (tertiary alicyclic amines) is 1. The highest BCUT2D eigenvalue weighted by atomic mass is 19.1. The van der Waals surface area contributed by atoms with Crippen LogP contribution in [0.25, 0.3) is 10.9 Å². The van der Waals surface area contributed by atoms with Crippen LogP contribution in [0.3, 0.4) is 0 Å². The number of halogens is 1. The number of nitrogens with one attached hydrogen (secondary N) is 1. The molecule has 4 heterocycles. The summed E-state index contributed by atoms with van der Waals surface area (Å²) in [5, 5.41) is 7.37. The van der Waals surface area contributed by atoms with E-state index in [2.05, 4.69) is 37.2 Å². The first kappa shape index (κ1) is 24.2. The van der Waals surface area contributed by atoms with Gasteiger partial charge in [0.15, 0.2) is 5.69 Å². The number of primary amides is 1. The topological polar surface area (TPSA) is 149 Å². The van der Waals surface area contributed by atoms with E-state index in [0.29, 0.717) is 28.7 Å². The first-order valence-corrected chi connectivity index (χ1v) is 12.2. The number of nitrogens with zero attached hydrogens (tertiary/aromatic N) is 6. The Bertz CT molecular complexity index is 1690. The van der Waals surface area contributed by atoms with Crippen molar-refractivity contribution >= 4 is 34.4 Å². The number of carbonyl (C=O) groups excluding carboxylic acids is 3. The molecular formula is C27H21FN8O3. The van der Waals surface area contributed by atoms with Gasteiger partial charge in [-0.15, -0.1) is 0 Å². The van der Waals surface area contributed by atoms with Gasteiger partial charge >= 0.3 is 0 Å². The van der Waals surface area contributed by atoms with E-state index in [0.717, 1.165) is 6.42 Å². The largest absolute Gasteiger partial charge is 0.364 e. The molecule has 1 aromatic carbocycles. The van der Waals surface area contributed by atoms with E-state index >= 15 is 0 Å². The lowest BCUT2D eigenvalue weighted by Gasteiger charge is -2.26. The van der Waals surface area contributed by atoms with Crippen molar-refractivity contribution in [1.29, 1.82) is 0 Å². The fourth-order valence-corrected chi connectivity index (χ4v) is 5.00. The Kier molecular flexibility index (Phi) is 5.95. The number of nitrogens with two attached hydrogens (primary N) is 1. The molecule has 3 N–H and O–H groups in total. The Morgan fingerprint density at radius 2 is 1.90 bits per heavy atom. The van der Waals surface area contributed by atoms with Gasteiger partial charge < -0.3 is 16.0 Å². The van der Waals surface area contributed by atoms with Crippen LogP contribution in [0.4, 0.5) is 10.2 Å². The van der Waals surface area contributed by atoms with Gasteiger partial charge in [0.2, 0.25) is 23.6 Å². The molecule has 3 aromatic heterocycles. The second-order valence-corrected chi connectivity index (χ2v) is 9.38. The molecule has 0 unspecified atom stereocenters. The normalized spacial score (nSPS) is 19.2. The monoisotopic (exact) mass is 524 g/mol. The zero-order chi connectivity index (χ0) is 27.1. The molecule has 12 heteroatoms. The third kappa shape index (κ3) is 4.77. The molecule has 1 saturated carbocycles. The van der Waals surface area contributed by atoms with Gasteiger partial charge in [-0.1, -0.05) is 12.0 Å². The first-order chi connectivity index (χ1) is 18.9. The maximum Gasteiger partial charge on any atom is 0.269 e. The molecule has 0 spiro atoms. The molecule has 3 amide bonds. The van der Waals surface area contributed by atoms with Crippen LogP contribution < -0.4 is 11.1 Å². The standard InChI is InChI=1S/C27H21FN8O3/c28-21-3-1-4-23(32-21)33-27(39)20-13-16-12-19(16)36(20)24(37)14-35-18-7-5-15(6-8-22-30-9-2-10-31-22)11-17(18)25(34-35)26(29)38/h1-5,7,9-11,16,19-20H,12-14H2,(H2,29,38)(H,32,33,39)/t16-,19-,20+/m1/s1. The maximum absolute atomic E-state index is 13.5. The predicted molar refractivity (Wildman–Crippen MR) is 136 cm³/mol. The minimum Gasteiger partial charge on any atom is -0.364 e. The molecule has 39 heavy (non-hydrogen) atoms. The van der Waals surface area contributed by atoms with Crippen LogP contribution in [0.15, 0.2) is 54.9 Å². The minimum absolute atomic E-state index is 0.00889. The van der Waals surface area contributed by atoms with Crippen molar-refractivity contribution in [2.75, 3.05) is 5.32 Å². The van der Waals surface area contributed by atoms with Crippen LogP contribution in [0, 0.1) is 23.7 Å². The Hall–Kier alpha value is -5.18. The van der Waals surface area contributed by atoms with Crippen molar-refractivity contribution < 1.29 is 18.8 Å². The van der Waals surface area contributed by atoms with Gasteiger partial charge in [0.05, 0.1) is 5.52 Å². The van der Waals surface area contributed by atoms with Gasteiger partial charge in [-0.05, 0) is 61.1 Å². The predicted octanol–water partition coefficient (Wildman–Crippen LogP) is 1.49. The Morgan fingerprint density at radius 1 is 1.08 bits per heavy atom. The van der Waals surface area contributed by atoms with Crippen LogP contribution in [0.5, 0.6) is 0 Å². The van der Waals surface area contributed by atoms with Crippen molar-refractivity contribution in [1.82, 2.24) is 29.6 Å². The summed E-state index contributed by atoms with van der Waals surface area (Å²) in [4.78, 5) is 52.0. The molecular weight excluding hydrogens is 503 g/mol. The summed E-state index contributed by atoms with van der Waals surface area (Å²) < 4.78 is 14.9. The van der Waals surface area contributed by atoms with Crippen molar-refractivity contribution in [3.8, 4) is 11.8 Å². The fourth-order valence-electron chi connectivity index (χ4n) is 5.00. The maximum atomic E-state index is 13.5. The van der Waals surface area contributed by atoms with Crippen LogP contribution in [0.1, 0.15) is 34.7 Å². The van der Waals surface area contributed by atoms with E-state index in [1.165, 1.54) is 22.9 Å². The number of amides is 3. The zero-order valence-electron chi connectivity index (χ0n) is 20.4. The summed E-state index contributed by atoms with van der Waals surface area (Å²) in [6.07, 6.45) is 4.50. The highest BCUT2D eigenvalue weighted by Gasteiger charge is 2.56. The van der Waals surface area contributed by atoms with Gasteiger partial charge in [-0.3, -0.25) is 19.1 Å². The highest BCUT2D eigenvalue weighted by Crippen LogP contribution is 2.48. The number of carbonyl (C=O) groups is 3. The molecule has 1 aliphatic carbocycles. The number of hydrogen-bond acceptors (Lipinski definition) is 7. The average Bonchev–Trinajstić information content (AvgIpc) is 3.43. The third-order valence-corrected chi connectivity index (χ3v) is 6.81. The minimum atomic E-state index is -0.744. The van der Waals surface area contributed by atoms with Crippen LogP contribution in [-0.2, 0) is 16.1 Å². The van der Waals surface area contributed by atoms with Crippen LogP contribution >= 0.6 is 0 Å². The van der Waals surface area contributed by atoms with E-state index in [9.17, 15) is 18.8 Å². The van der Waals surface area contributed by atoms with Crippen molar-refractivity contribution in [2.24, 2.45) is 11.7 Å². The van der Waals surface area contributed by atoms with E-state index in [1.807, 2.05) is 0 Å². The summed E-state index contributed by atoms with van der Waals surface area (Å²) in [5.41, 5.74) is 6.71. The van der Waals surface area contributed by atoms with E-state index in [1.54, 1.807) is 41.6 Å². The van der Waals surface area contributed by atoms with Gasteiger partial charge in [-0.25, -0.2) is 15.0 Å². The summed E-state index contributed by atoms with van der Waals surface area (Å²) in [6, 6.07) is 10.1. The van der Waals surface area contributed by atoms with Crippen molar-refractivity contribution in [2.45, 2.75) is 31.5 Å². The molecule has 0 radical (unpaired) electrons. The lowest BCUT2D eigenvalue weighted by atomic mass is 10.1. The zero-order valence-corrected chi connectivity index (χ0v) is 20.4. The number of fused-ring (bicyclic) bond motifs is 2. The van der Waals surface area contributed by atoms with E-state index in [-0.39, 0.29) is 35.9 Å². The Morgan fingerprint density at radius 3 is 2.67 bits per heavy atom. The van der Waals surface area contributed by atoms with Gasteiger partial charge in [0.25, 0.3) is 5.91 Å². The smallest absolute Gasteiger partial charge is 0.269 e. The molecule has 2 fully saturated rings. The lowest BCUT2D eigenvalue weighted by molar-refractivity contribution is -0.138. The molecule has 3 atom stereocenters. The third-order valence-electron chi connectivity index (χ3n) is 6.81. The second kappa shape index (κ2) is 9.60. The molecule has 2 aliphatic rings. The highest BCUT2D eigenvalue weighted by molar-refractivity contribution is 6.05. The number of hydrogen-bond donors (Lipinski definition) is 2. The SMILES string of the molecule is NC(=O)c1nn(CC(=O)N2[C@@H]3C[C@@H]3C[C@H]2C(=O)Nc2cccc(F)n2)c2ccc(C#Cc3ncccn3)cc12. The Labute approximate surface area is 221 Å². The summed E-state index contributed by atoms with van der Waals surface area (Å²) in [5.74, 6) is 4.26. The van der Waals surface area contributed by atoms with Crippen LogP contribution in [0.2, 0.25) is 0 Å². The number of pyridine rings is 1. The number of anilines is 1. The van der Waals surface area contributed by atoms with Crippen molar-refractivity contribution in [3.63, 3.8) is 0 Å². The molecule has 11 nitrogen and oxygen atoms in total. The van der Waals surface area contributed by atoms with E-state index < -0.39 is 23.8 Å². The molecule has 4 aromatic rings. The number of piperidine rings is 1. The fraction of sp³-hybridized carbons (Fsp3) is 0.222. The Balaban J connectivity index is 1.25. The first-order valence-electron chi connectivity index (χ1n) is 12.2. The molecule has 194 valence electrons. The number of benzene rings is 1. The molecule has 0 bridgehead atoms. The summed E-state index contributed by atoms with van der Waals surface area (Å²) >= 11 is 0. The molecule has 1 aliphatic heterocycles. The van der Waals surface area contributed by atoms with Gasteiger partial charge in [0.1, 0.15) is 18.4 Å². The lowest BCUT2D eigenvalue weighted by Crippen LogP contribution is -2.46. The van der Waals surface area contributed by atoms with E-state index in [4.69, 9.17) is 5.73 Å². The van der Waals surface area contributed by atoms with Gasteiger partial charge in [-0.2, -0.15) is 9.49 Å². The number of rotatable bonds is 5.